The Bertz CT molecular complexity index is 539. The smallest absolute Gasteiger partial charge is 0.125 e. The van der Waals surface area contributed by atoms with Crippen molar-refractivity contribution in [2.75, 3.05) is 20.3 Å². The molecule has 0 aliphatic rings. The van der Waals surface area contributed by atoms with E-state index in [2.05, 4.69) is 5.10 Å². The van der Waals surface area contributed by atoms with Crippen LogP contribution in [0.3, 0.4) is 0 Å². The third kappa shape index (κ3) is 3.18. The van der Waals surface area contributed by atoms with Gasteiger partial charge in [0.1, 0.15) is 18.5 Å². The van der Waals surface area contributed by atoms with Crippen molar-refractivity contribution in [1.29, 1.82) is 0 Å². The molecule has 0 fully saturated rings. The predicted octanol–water partition coefficient (Wildman–Crippen LogP) is 2.01. The molecule has 1 aromatic heterocycles. The molecule has 0 aliphatic carbocycles. The van der Waals surface area contributed by atoms with Crippen molar-refractivity contribution < 1.29 is 14.6 Å². The zero-order valence-corrected chi connectivity index (χ0v) is 11.8. The van der Waals surface area contributed by atoms with Crippen LogP contribution in [0.2, 0.25) is 0 Å². The Labute approximate surface area is 118 Å². The van der Waals surface area contributed by atoms with Gasteiger partial charge in [-0.25, -0.2) is 0 Å². The number of aliphatic hydroxyl groups is 1. The molecule has 5 heteroatoms. The topological polar surface area (TPSA) is 56.5 Å². The Morgan fingerprint density at radius 2 is 2.05 bits per heavy atom. The molecule has 0 spiro atoms. The number of ether oxygens (including phenoxy) is 2. The quantitative estimate of drug-likeness (QED) is 0.786. The van der Waals surface area contributed by atoms with Crippen LogP contribution in [0.1, 0.15) is 24.3 Å². The molecular formula is C15H20N2O3. The Morgan fingerprint density at radius 3 is 2.80 bits per heavy atom. The van der Waals surface area contributed by atoms with Gasteiger partial charge in [-0.15, -0.1) is 0 Å². The highest BCUT2D eigenvalue weighted by Gasteiger charge is 2.18. The summed E-state index contributed by atoms with van der Waals surface area (Å²) in [5.41, 5.74) is 1.49. The highest BCUT2D eigenvalue weighted by atomic mass is 16.5. The molecule has 1 unspecified atom stereocenters. The maximum atomic E-state index is 10.6. The lowest BCUT2D eigenvalue weighted by Gasteiger charge is -2.17. The first-order valence-electron chi connectivity index (χ1n) is 6.68. The number of aliphatic hydroxyl groups excluding tert-OH is 1. The summed E-state index contributed by atoms with van der Waals surface area (Å²) in [7, 11) is 1.63. The fourth-order valence-electron chi connectivity index (χ4n) is 2.07. The Kier molecular flexibility index (Phi) is 5.15. The molecule has 0 saturated heterocycles. The van der Waals surface area contributed by atoms with Crippen LogP contribution < -0.4 is 4.74 Å². The van der Waals surface area contributed by atoms with E-state index in [4.69, 9.17) is 9.47 Å². The van der Waals surface area contributed by atoms with E-state index in [1.807, 2.05) is 37.3 Å². The Balaban J connectivity index is 2.23. The van der Waals surface area contributed by atoms with Gasteiger partial charge < -0.3 is 14.6 Å². The fourth-order valence-corrected chi connectivity index (χ4v) is 2.07. The van der Waals surface area contributed by atoms with E-state index < -0.39 is 6.10 Å². The first kappa shape index (κ1) is 14.6. The number of aryl methyl sites for hydroxylation is 1. The van der Waals surface area contributed by atoms with Crippen LogP contribution in [0.15, 0.2) is 36.5 Å². The van der Waals surface area contributed by atoms with Gasteiger partial charge in [0.15, 0.2) is 0 Å². The molecule has 1 heterocycles. The van der Waals surface area contributed by atoms with E-state index in [0.29, 0.717) is 25.5 Å². The summed E-state index contributed by atoms with van der Waals surface area (Å²) in [6.45, 7) is 3.67. The summed E-state index contributed by atoms with van der Waals surface area (Å²) in [4.78, 5) is 0. The second kappa shape index (κ2) is 7.07. The summed E-state index contributed by atoms with van der Waals surface area (Å²) < 4.78 is 12.4. The molecule has 5 nitrogen and oxygen atoms in total. The van der Waals surface area contributed by atoms with Crippen LogP contribution in [-0.2, 0) is 11.3 Å². The molecule has 108 valence electrons. The summed E-state index contributed by atoms with van der Waals surface area (Å²) in [6, 6.07) is 9.30. The lowest BCUT2D eigenvalue weighted by Crippen LogP contribution is -2.12. The average Bonchev–Trinajstić information content (AvgIpc) is 2.96. The van der Waals surface area contributed by atoms with Gasteiger partial charge in [-0.1, -0.05) is 18.2 Å². The SMILES string of the molecule is CCn1nccc1C(O)c1ccccc1OCCOC. The number of hydrogen-bond donors (Lipinski definition) is 1. The summed E-state index contributed by atoms with van der Waals surface area (Å²) >= 11 is 0. The number of nitrogens with zero attached hydrogens (tertiary/aromatic N) is 2. The second-order valence-electron chi connectivity index (χ2n) is 4.35. The largest absolute Gasteiger partial charge is 0.491 e. The van der Waals surface area contributed by atoms with Crippen molar-refractivity contribution in [3.05, 3.63) is 47.8 Å². The van der Waals surface area contributed by atoms with Crippen molar-refractivity contribution in [3.8, 4) is 5.75 Å². The van der Waals surface area contributed by atoms with Crippen LogP contribution in [0, 0.1) is 0 Å². The molecular weight excluding hydrogens is 256 g/mol. The van der Waals surface area contributed by atoms with Gasteiger partial charge in [0.2, 0.25) is 0 Å². The molecule has 2 rings (SSSR count). The zero-order valence-electron chi connectivity index (χ0n) is 11.8. The summed E-state index contributed by atoms with van der Waals surface area (Å²) in [5, 5.41) is 14.7. The van der Waals surface area contributed by atoms with Gasteiger partial charge in [-0.2, -0.15) is 5.10 Å². The maximum absolute atomic E-state index is 10.6. The second-order valence-corrected chi connectivity index (χ2v) is 4.35. The third-order valence-corrected chi connectivity index (χ3v) is 3.09. The molecule has 0 radical (unpaired) electrons. The van der Waals surface area contributed by atoms with Crippen molar-refractivity contribution in [2.24, 2.45) is 0 Å². The van der Waals surface area contributed by atoms with Gasteiger partial charge in [0.05, 0.1) is 12.3 Å². The zero-order chi connectivity index (χ0) is 14.4. The number of aromatic nitrogens is 2. The van der Waals surface area contributed by atoms with Crippen LogP contribution in [0.5, 0.6) is 5.75 Å². The third-order valence-electron chi connectivity index (χ3n) is 3.09. The van der Waals surface area contributed by atoms with Crippen LogP contribution >= 0.6 is 0 Å². The first-order valence-corrected chi connectivity index (χ1v) is 6.68. The molecule has 0 saturated carbocycles. The van der Waals surface area contributed by atoms with E-state index in [1.54, 1.807) is 18.0 Å². The van der Waals surface area contributed by atoms with Gasteiger partial charge in [-0.3, -0.25) is 4.68 Å². The monoisotopic (exact) mass is 276 g/mol. The predicted molar refractivity (Wildman–Crippen MR) is 75.8 cm³/mol. The minimum absolute atomic E-state index is 0.452. The van der Waals surface area contributed by atoms with Crippen LogP contribution in [0.25, 0.3) is 0 Å². The lowest BCUT2D eigenvalue weighted by atomic mass is 10.1. The summed E-state index contributed by atoms with van der Waals surface area (Å²) in [5.74, 6) is 0.668. The minimum Gasteiger partial charge on any atom is -0.491 e. The maximum Gasteiger partial charge on any atom is 0.125 e. The highest BCUT2D eigenvalue weighted by Crippen LogP contribution is 2.29. The van der Waals surface area contributed by atoms with E-state index in [0.717, 1.165) is 11.3 Å². The van der Waals surface area contributed by atoms with Crippen molar-refractivity contribution in [3.63, 3.8) is 0 Å². The molecule has 1 atom stereocenters. The molecule has 1 aromatic carbocycles. The average molecular weight is 276 g/mol. The van der Waals surface area contributed by atoms with Crippen molar-refractivity contribution in [2.45, 2.75) is 19.6 Å². The molecule has 0 bridgehead atoms. The summed E-state index contributed by atoms with van der Waals surface area (Å²) in [6.07, 6.45) is 0.937. The van der Waals surface area contributed by atoms with Crippen LogP contribution in [0.4, 0.5) is 0 Å². The van der Waals surface area contributed by atoms with Gasteiger partial charge in [0.25, 0.3) is 0 Å². The number of benzene rings is 1. The van der Waals surface area contributed by atoms with E-state index >= 15 is 0 Å². The highest BCUT2D eigenvalue weighted by molar-refractivity contribution is 5.38. The number of para-hydroxylation sites is 1. The first-order chi connectivity index (χ1) is 9.77. The standard InChI is InChI=1S/C15H20N2O3/c1-3-17-13(8-9-16-17)15(18)12-6-4-5-7-14(12)20-11-10-19-2/h4-9,15,18H,3,10-11H2,1-2H3. The number of methoxy groups -OCH3 is 1. The van der Waals surface area contributed by atoms with Gasteiger partial charge >= 0.3 is 0 Å². The molecule has 1 N–H and O–H groups in total. The molecule has 20 heavy (non-hydrogen) atoms. The fraction of sp³-hybridized carbons (Fsp3) is 0.400. The lowest BCUT2D eigenvalue weighted by molar-refractivity contribution is 0.142. The van der Waals surface area contributed by atoms with Crippen LogP contribution in [-0.4, -0.2) is 35.2 Å². The number of hydrogen-bond acceptors (Lipinski definition) is 4. The normalized spacial score (nSPS) is 12.3. The van der Waals surface area contributed by atoms with Gasteiger partial charge in [0, 0.05) is 25.4 Å². The van der Waals surface area contributed by atoms with Crippen molar-refractivity contribution in [1.82, 2.24) is 9.78 Å². The number of rotatable bonds is 7. The van der Waals surface area contributed by atoms with E-state index in [1.165, 1.54) is 0 Å². The minimum atomic E-state index is -0.754. The molecule has 2 aromatic rings. The van der Waals surface area contributed by atoms with E-state index in [9.17, 15) is 5.11 Å². The Morgan fingerprint density at radius 1 is 1.25 bits per heavy atom. The van der Waals surface area contributed by atoms with E-state index in [-0.39, 0.29) is 0 Å². The molecule has 0 amide bonds. The Hall–Kier alpha value is -1.85. The van der Waals surface area contributed by atoms with Gasteiger partial charge in [-0.05, 0) is 19.1 Å². The van der Waals surface area contributed by atoms with Crippen molar-refractivity contribution >= 4 is 0 Å². The molecule has 0 aliphatic heterocycles.